The zero-order chi connectivity index (χ0) is 15.7. The summed E-state index contributed by atoms with van der Waals surface area (Å²) in [6.07, 6.45) is 0. The molecule has 1 saturated heterocycles. The summed E-state index contributed by atoms with van der Waals surface area (Å²) < 4.78 is 0. The molecule has 1 fully saturated rings. The summed E-state index contributed by atoms with van der Waals surface area (Å²) in [6, 6.07) is 9.62. The smallest absolute Gasteiger partial charge is 0.324 e. The van der Waals surface area contributed by atoms with Gasteiger partial charge < -0.3 is 5.32 Å². The highest BCUT2D eigenvalue weighted by Gasteiger charge is 2.30. The number of benzene rings is 1. The number of para-hydroxylation sites is 1. The lowest BCUT2D eigenvalue weighted by Crippen LogP contribution is -2.38. The van der Waals surface area contributed by atoms with E-state index in [-0.39, 0.29) is 17.2 Å². The number of fused-ring (bicyclic) bond motifs is 1. The van der Waals surface area contributed by atoms with Gasteiger partial charge in [-0.15, -0.1) is 0 Å². The third-order valence-electron chi connectivity index (χ3n) is 3.67. The number of thioether (sulfide) groups is 1. The predicted octanol–water partition coefficient (Wildman–Crippen LogP) is 2.58. The average molecular weight is 315 g/mol. The zero-order valence-electron chi connectivity index (χ0n) is 12.5. The van der Waals surface area contributed by atoms with Crippen molar-refractivity contribution in [2.75, 3.05) is 13.1 Å². The van der Waals surface area contributed by atoms with E-state index in [0.717, 1.165) is 21.5 Å². The minimum atomic E-state index is -0.350. The van der Waals surface area contributed by atoms with Crippen LogP contribution in [0.2, 0.25) is 0 Å². The maximum atomic E-state index is 12.3. The summed E-state index contributed by atoms with van der Waals surface area (Å²) in [6.45, 7) is 4.81. The number of hydrogen-bond acceptors (Lipinski definition) is 4. The van der Waals surface area contributed by atoms with Crippen LogP contribution in [0.1, 0.15) is 12.5 Å². The molecule has 1 atom stereocenters. The Labute approximate surface area is 133 Å². The van der Waals surface area contributed by atoms with Crippen molar-refractivity contribution in [3.8, 4) is 0 Å². The topological polar surface area (TPSA) is 62.3 Å². The van der Waals surface area contributed by atoms with Crippen LogP contribution in [0.25, 0.3) is 10.9 Å². The molecule has 114 valence electrons. The number of urea groups is 1. The molecule has 6 heteroatoms. The molecule has 22 heavy (non-hydrogen) atoms. The van der Waals surface area contributed by atoms with Crippen molar-refractivity contribution in [3.05, 3.63) is 35.9 Å². The first-order chi connectivity index (χ1) is 10.6. The van der Waals surface area contributed by atoms with E-state index in [0.29, 0.717) is 13.1 Å². The quantitative estimate of drug-likeness (QED) is 0.884. The molecule has 1 N–H and O–H groups in total. The molecule has 1 aromatic heterocycles. The summed E-state index contributed by atoms with van der Waals surface area (Å²) in [7, 11) is 0. The Kier molecular flexibility index (Phi) is 4.02. The van der Waals surface area contributed by atoms with Gasteiger partial charge in [0.1, 0.15) is 0 Å². The van der Waals surface area contributed by atoms with Crippen LogP contribution >= 0.6 is 11.8 Å². The molecular weight excluding hydrogens is 298 g/mol. The standard InChI is InChI=1S/C16H17N3O2S/c1-10-9-14(18-13-6-4-3-5-12(10)13)22-11(2)15(20)19-8-7-17-16(19)21/h3-6,9,11H,7-8H2,1-2H3,(H,17,21)/t11-/m1/s1. The Morgan fingerprint density at radius 3 is 2.91 bits per heavy atom. The van der Waals surface area contributed by atoms with Crippen molar-refractivity contribution < 1.29 is 9.59 Å². The molecule has 0 spiro atoms. The second-order valence-electron chi connectivity index (χ2n) is 5.28. The maximum absolute atomic E-state index is 12.3. The molecule has 1 aromatic carbocycles. The molecule has 5 nitrogen and oxygen atoms in total. The minimum Gasteiger partial charge on any atom is -0.336 e. The van der Waals surface area contributed by atoms with Crippen molar-refractivity contribution in [3.63, 3.8) is 0 Å². The fourth-order valence-electron chi connectivity index (χ4n) is 2.51. The number of amides is 3. The number of imide groups is 1. The third-order valence-corrected chi connectivity index (χ3v) is 4.67. The zero-order valence-corrected chi connectivity index (χ0v) is 13.3. The van der Waals surface area contributed by atoms with Crippen LogP contribution in [-0.2, 0) is 4.79 Å². The van der Waals surface area contributed by atoms with Gasteiger partial charge in [0.2, 0.25) is 5.91 Å². The highest BCUT2D eigenvalue weighted by Crippen LogP contribution is 2.27. The number of carbonyl (C=O) groups excluding carboxylic acids is 2. The molecular formula is C16H17N3O2S. The Morgan fingerprint density at radius 2 is 2.18 bits per heavy atom. The number of rotatable bonds is 3. The highest BCUT2D eigenvalue weighted by atomic mass is 32.2. The van der Waals surface area contributed by atoms with Gasteiger partial charge in [-0.1, -0.05) is 30.0 Å². The first-order valence-electron chi connectivity index (χ1n) is 7.18. The van der Waals surface area contributed by atoms with E-state index < -0.39 is 0 Å². The first kappa shape index (κ1) is 14.8. The van der Waals surface area contributed by atoms with Gasteiger partial charge in [-0.3, -0.25) is 9.69 Å². The number of carbonyl (C=O) groups is 2. The molecule has 0 unspecified atom stereocenters. The van der Waals surface area contributed by atoms with Gasteiger partial charge in [-0.25, -0.2) is 9.78 Å². The summed E-state index contributed by atoms with van der Waals surface area (Å²) in [5.41, 5.74) is 2.05. The number of nitrogens with one attached hydrogen (secondary N) is 1. The molecule has 0 saturated carbocycles. The van der Waals surface area contributed by atoms with E-state index in [4.69, 9.17) is 0 Å². The van der Waals surface area contributed by atoms with Gasteiger partial charge in [0.25, 0.3) is 0 Å². The SMILES string of the molecule is Cc1cc(S[C@H](C)C(=O)N2CCNC2=O)nc2ccccc12. The fourth-order valence-corrected chi connectivity index (χ4v) is 3.50. The van der Waals surface area contributed by atoms with Gasteiger partial charge in [0.15, 0.2) is 0 Å². The lowest BCUT2D eigenvalue weighted by Gasteiger charge is -2.17. The van der Waals surface area contributed by atoms with Gasteiger partial charge in [-0.2, -0.15) is 0 Å². The van der Waals surface area contributed by atoms with Gasteiger partial charge >= 0.3 is 6.03 Å². The van der Waals surface area contributed by atoms with Crippen LogP contribution in [0.15, 0.2) is 35.4 Å². The Morgan fingerprint density at radius 1 is 1.41 bits per heavy atom. The normalized spacial score (nSPS) is 15.9. The number of aromatic nitrogens is 1. The second kappa shape index (κ2) is 5.96. The monoisotopic (exact) mass is 315 g/mol. The van der Waals surface area contributed by atoms with Crippen molar-refractivity contribution >= 4 is 34.6 Å². The van der Waals surface area contributed by atoms with Crippen LogP contribution < -0.4 is 5.32 Å². The molecule has 3 amide bonds. The largest absolute Gasteiger partial charge is 0.336 e. The number of hydrogen-bond donors (Lipinski definition) is 1. The van der Waals surface area contributed by atoms with E-state index in [1.54, 1.807) is 0 Å². The summed E-state index contributed by atoms with van der Waals surface area (Å²) in [5, 5.41) is 4.21. The van der Waals surface area contributed by atoms with Crippen LogP contribution in [0.3, 0.4) is 0 Å². The van der Waals surface area contributed by atoms with Crippen LogP contribution in [-0.4, -0.2) is 40.2 Å². The van der Waals surface area contributed by atoms with E-state index in [9.17, 15) is 9.59 Å². The minimum absolute atomic E-state index is 0.174. The molecule has 2 heterocycles. The molecule has 1 aliphatic heterocycles. The lowest BCUT2D eigenvalue weighted by atomic mass is 10.1. The summed E-state index contributed by atoms with van der Waals surface area (Å²) in [4.78, 5) is 29.8. The van der Waals surface area contributed by atoms with Gasteiger partial charge in [0, 0.05) is 18.5 Å². The van der Waals surface area contributed by atoms with Crippen molar-refractivity contribution in [2.45, 2.75) is 24.1 Å². The molecule has 1 aliphatic rings. The van der Waals surface area contributed by atoms with Crippen LogP contribution in [0.4, 0.5) is 4.79 Å². The fraction of sp³-hybridized carbons (Fsp3) is 0.312. The summed E-state index contributed by atoms with van der Waals surface area (Å²) in [5.74, 6) is -0.174. The molecule has 2 aromatic rings. The van der Waals surface area contributed by atoms with Crippen LogP contribution in [0.5, 0.6) is 0 Å². The van der Waals surface area contributed by atoms with E-state index in [1.807, 2.05) is 44.2 Å². The molecule has 0 radical (unpaired) electrons. The van der Waals surface area contributed by atoms with Crippen molar-refractivity contribution in [2.24, 2.45) is 0 Å². The van der Waals surface area contributed by atoms with Crippen LogP contribution in [0, 0.1) is 6.92 Å². The summed E-state index contributed by atoms with van der Waals surface area (Å²) >= 11 is 1.39. The van der Waals surface area contributed by atoms with Gasteiger partial charge in [-0.05, 0) is 31.5 Å². The van der Waals surface area contributed by atoms with Crippen molar-refractivity contribution in [1.29, 1.82) is 0 Å². The number of nitrogens with zero attached hydrogens (tertiary/aromatic N) is 2. The average Bonchev–Trinajstić information content (AvgIpc) is 2.92. The van der Waals surface area contributed by atoms with E-state index in [1.165, 1.54) is 16.7 Å². The maximum Gasteiger partial charge on any atom is 0.324 e. The van der Waals surface area contributed by atoms with Crippen molar-refractivity contribution in [1.82, 2.24) is 15.2 Å². The number of pyridine rings is 1. The third kappa shape index (κ3) is 2.78. The Balaban J connectivity index is 1.80. The highest BCUT2D eigenvalue weighted by molar-refractivity contribution is 8.00. The van der Waals surface area contributed by atoms with E-state index >= 15 is 0 Å². The predicted molar refractivity (Wildman–Crippen MR) is 86.9 cm³/mol. The lowest BCUT2D eigenvalue weighted by molar-refractivity contribution is -0.126. The van der Waals surface area contributed by atoms with E-state index in [2.05, 4.69) is 10.3 Å². The first-order valence-corrected chi connectivity index (χ1v) is 8.06. The Bertz CT molecular complexity index is 747. The Hall–Kier alpha value is -2.08. The number of aryl methyl sites for hydroxylation is 1. The second-order valence-corrected chi connectivity index (χ2v) is 6.64. The van der Waals surface area contributed by atoms with Gasteiger partial charge in [0.05, 0.1) is 15.8 Å². The molecule has 3 rings (SSSR count). The molecule has 0 bridgehead atoms. The molecule has 0 aliphatic carbocycles.